The highest BCUT2D eigenvalue weighted by Crippen LogP contribution is 2.30. The van der Waals surface area contributed by atoms with Crippen LogP contribution in [0.4, 0.5) is 0 Å². The van der Waals surface area contributed by atoms with Crippen molar-refractivity contribution in [3.63, 3.8) is 0 Å². The molecule has 4 heteroatoms. The second-order valence-electron chi connectivity index (χ2n) is 4.87. The van der Waals surface area contributed by atoms with Crippen LogP contribution in [0.3, 0.4) is 0 Å². The van der Waals surface area contributed by atoms with E-state index in [2.05, 4.69) is 81.4 Å². The van der Waals surface area contributed by atoms with Gasteiger partial charge in [-0.15, -0.1) is 11.3 Å². The van der Waals surface area contributed by atoms with Gasteiger partial charge in [-0.2, -0.15) is 0 Å². The van der Waals surface area contributed by atoms with Crippen molar-refractivity contribution in [2.24, 2.45) is 0 Å². The first kappa shape index (κ1) is 16.2. The Morgan fingerprint density at radius 1 is 1.20 bits per heavy atom. The number of hydrogen-bond donors (Lipinski definition) is 1. The molecule has 1 N–H and O–H groups in total. The third-order valence-corrected chi connectivity index (χ3v) is 5.86. The molecule has 1 atom stereocenters. The lowest BCUT2D eigenvalue weighted by molar-refractivity contribution is 0.530. The quantitative estimate of drug-likeness (QED) is 0.621. The predicted octanol–water partition coefficient (Wildman–Crippen LogP) is 5.86. The molecule has 1 nitrogen and oxygen atoms in total. The normalized spacial score (nSPS) is 12.6. The van der Waals surface area contributed by atoms with E-state index < -0.39 is 0 Å². The fraction of sp³-hybridized carbons (Fsp3) is 0.375. The van der Waals surface area contributed by atoms with Crippen molar-refractivity contribution in [3.8, 4) is 0 Å². The van der Waals surface area contributed by atoms with Gasteiger partial charge in [0.25, 0.3) is 0 Å². The van der Waals surface area contributed by atoms with Crippen LogP contribution in [0.5, 0.6) is 0 Å². The van der Waals surface area contributed by atoms with Crippen molar-refractivity contribution in [1.29, 1.82) is 0 Å². The summed E-state index contributed by atoms with van der Waals surface area (Å²) in [5.74, 6) is 0. The van der Waals surface area contributed by atoms with E-state index in [0.717, 1.165) is 19.4 Å². The maximum atomic E-state index is 3.68. The van der Waals surface area contributed by atoms with Crippen molar-refractivity contribution < 1.29 is 0 Å². The Morgan fingerprint density at radius 2 is 2.00 bits per heavy atom. The van der Waals surface area contributed by atoms with E-state index in [-0.39, 0.29) is 0 Å². The molecule has 0 amide bonds. The van der Waals surface area contributed by atoms with Crippen LogP contribution in [0, 0.1) is 6.92 Å². The van der Waals surface area contributed by atoms with Crippen LogP contribution >= 0.6 is 43.2 Å². The molecule has 1 unspecified atom stereocenters. The lowest BCUT2D eigenvalue weighted by atomic mass is 9.98. The molecular formula is C16H19Br2NS. The molecule has 0 radical (unpaired) electrons. The molecule has 2 rings (SSSR count). The van der Waals surface area contributed by atoms with Crippen molar-refractivity contribution in [1.82, 2.24) is 5.32 Å². The van der Waals surface area contributed by atoms with Gasteiger partial charge < -0.3 is 5.32 Å². The van der Waals surface area contributed by atoms with E-state index in [1.807, 2.05) is 11.3 Å². The fourth-order valence-electron chi connectivity index (χ4n) is 2.27. The van der Waals surface area contributed by atoms with Crippen LogP contribution in [0.15, 0.2) is 38.6 Å². The largest absolute Gasteiger partial charge is 0.310 e. The smallest absolute Gasteiger partial charge is 0.0701 e. The molecule has 0 saturated carbocycles. The van der Waals surface area contributed by atoms with Gasteiger partial charge in [0.05, 0.1) is 3.79 Å². The minimum Gasteiger partial charge on any atom is -0.310 e. The maximum Gasteiger partial charge on any atom is 0.0701 e. The highest BCUT2D eigenvalue weighted by Gasteiger charge is 2.16. The third-order valence-electron chi connectivity index (χ3n) is 3.36. The zero-order valence-electron chi connectivity index (χ0n) is 11.7. The summed E-state index contributed by atoms with van der Waals surface area (Å²) in [4.78, 5) is 1.41. The van der Waals surface area contributed by atoms with E-state index >= 15 is 0 Å². The average Bonchev–Trinajstić information content (AvgIpc) is 2.83. The molecule has 0 bridgehead atoms. The molecule has 0 fully saturated rings. The number of thiophene rings is 1. The standard InChI is InChI=1S/C16H19Br2NS/c1-3-9-19-15(10-12-7-8-16(18)20-12)13-5-4-6-14(17)11(13)2/h4-8,15,19H,3,9-10H2,1-2H3. The summed E-state index contributed by atoms with van der Waals surface area (Å²) < 4.78 is 2.39. The SMILES string of the molecule is CCCNC(Cc1ccc(Br)s1)c1cccc(Br)c1C. The number of halogens is 2. The molecule has 0 spiro atoms. The summed E-state index contributed by atoms with van der Waals surface area (Å²) in [5.41, 5.74) is 2.72. The monoisotopic (exact) mass is 415 g/mol. The summed E-state index contributed by atoms with van der Waals surface area (Å²) in [6.45, 7) is 5.44. The van der Waals surface area contributed by atoms with E-state index in [1.54, 1.807) is 0 Å². The van der Waals surface area contributed by atoms with Crippen LogP contribution in [-0.4, -0.2) is 6.54 Å². The molecule has 1 aromatic heterocycles. The lowest BCUT2D eigenvalue weighted by Crippen LogP contribution is -2.24. The molecule has 1 heterocycles. The average molecular weight is 417 g/mol. The van der Waals surface area contributed by atoms with Gasteiger partial charge in [0.15, 0.2) is 0 Å². The minimum atomic E-state index is 0.373. The van der Waals surface area contributed by atoms with E-state index in [1.165, 1.54) is 24.3 Å². The Morgan fingerprint density at radius 3 is 2.65 bits per heavy atom. The lowest BCUT2D eigenvalue weighted by Gasteiger charge is -2.21. The number of hydrogen-bond acceptors (Lipinski definition) is 2. The summed E-state index contributed by atoms with van der Waals surface area (Å²) in [6.07, 6.45) is 2.19. The van der Waals surface area contributed by atoms with E-state index in [0.29, 0.717) is 6.04 Å². The topological polar surface area (TPSA) is 12.0 Å². The number of nitrogens with one attached hydrogen (secondary N) is 1. The summed E-state index contributed by atoms with van der Waals surface area (Å²) in [5, 5.41) is 3.68. The summed E-state index contributed by atoms with van der Waals surface area (Å²) in [7, 11) is 0. The van der Waals surface area contributed by atoms with Crippen LogP contribution in [-0.2, 0) is 6.42 Å². The van der Waals surface area contributed by atoms with Gasteiger partial charge >= 0.3 is 0 Å². The molecule has 1 aromatic carbocycles. The molecule has 0 aliphatic rings. The second kappa shape index (κ2) is 7.74. The van der Waals surface area contributed by atoms with Crippen LogP contribution in [0.1, 0.15) is 35.4 Å². The zero-order valence-corrected chi connectivity index (χ0v) is 15.7. The van der Waals surface area contributed by atoms with Gasteiger partial charge in [-0.05, 0) is 65.1 Å². The molecule has 2 aromatic rings. The van der Waals surface area contributed by atoms with Crippen molar-refractivity contribution >= 4 is 43.2 Å². The Kier molecular flexibility index (Phi) is 6.27. The van der Waals surface area contributed by atoms with Gasteiger partial charge in [-0.1, -0.05) is 35.0 Å². The minimum absolute atomic E-state index is 0.373. The summed E-state index contributed by atoms with van der Waals surface area (Å²) >= 11 is 9.01. The fourth-order valence-corrected chi connectivity index (χ4v) is 4.19. The number of benzene rings is 1. The molecule has 20 heavy (non-hydrogen) atoms. The first-order chi connectivity index (χ1) is 9.61. The van der Waals surface area contributed by atoms with Gasteiger partial charge in [0.1, 0.15) is 0 Å². The third kappa shape index (κ3) is 4.17. The highest BCUT2D eigenvalue weighted by atomic mass is 79.9. The first-order valence-electron chi connectivity index (χ1n) is 6.84. The molecule has 0 aliphatic carbocycles. The van der Waals surface area contributed by atoms with Gasteiger partial charge in [0.2, 0.25) is 0 Å². The van der Waals surface area contributed by atoms with Crippen molar-refractivity contribution in [2.45, 2.75) is 32.7 Å². The van der Waals surface area contributed by atoms with E-state index in [9.17, 15) is 0 Å². The van der Waals surface area contributed by atoms with E-state index in [4.69, 9.17) is 0 Å². The number of rotatable bonds is 6. The van der Waals surface area contributed by atoms with Gasteiger partial charge in [0, 0.05) is 21.8 Å². The Bertz CT molecular complexity index is 565. The van der Waals surface area contributed by atoms with Crippen molar-refractivity contribution in [2.75, 3.05) is 6.54 Å². The van der Waals surface area contributed by atoms with Gasteiger partial charge in [-0.25, -0.2) is 0 Å². The summed E-state index contributed by atoms with van der Waals surface area (Å²) in [6, 6.07) is 11.2. The predicted molar refractivity (Wildman–Crippen MR) is 95.6 cm³/mol. The van der Waals surface area contributed by atoms with Crippen molar-refractivity contribution in [3.05, 3.63) is 54.6 Å². The first-order valence-corrected chi connectivity index (χ1v) is 9.24. The highest BCUT2D eigenvalue weighted by molar-refractivity contribution is 9.11. The molecule has 0 aliphatic heterocycles. The molecule has 108 valence electrons. The zero-order chi connectivity index (χ0) is 14.5. The Hall–Kier alpha value is -0.160. The van der Waals surface area contributed by atoms with Crippen LogP contribution in [0.25, 0.3) is 0 Å². The van der Waals surface area contributed by atoms with Crippen LogP contribution < -0.4 is 5.32 Å². The second-order valence-corrected chi connectivity index (χ2v) is 8.27. The maximum absolute atomic E-state index is 3.68. The van der Waals surface area contributed by atoms with Crippen LogP contribution in [0.2, 0.25) is 0 Å². The Balaban J connectivity index is 2.24. The van der Waals surface area contributed by atoms with Gasteiger partial charge in [-0.3, -0.25) is 0 Å². The molecule has 0 saturated heterocycles. The molecular weight excluding hydrogens is 398 g/mol. The Labute approximate surface area is 142 Å².